The van der Waals surface area contributed by atoms with E-state index in [0.29, 0.717) is 6.42 Å². The van der Waals surface area contributed by atoms with E-state index in [2.05, 4.69) is 47.1 Å². The van der Waals surface area contributed by atoms with E-state index in [4.69, 9.17) is 5.11 Å². The third-order valence-electron chi connectivity index (χ3n) is 5.33. The topological polar surface area (TPSA) is 37.3 Å². The average molecular weight is 427 g/mol. The number of rotatable bonds is 20. The van der Waals surface area contributed by atoms with E-state index < -0.39 is 5.97 Å². The van der Waals surface area contributed by atoms with Gasteiger partial charge < -0.3 is 9.59 Å². The monoisotopic (exact) mass is 426 g/mol. The molecule has 0 unspecified atom stereocenters. The molecule has 1 N–H and O–H groups in total. The van der Waals surface area contributed by atoms with Crippen LogP contribution in [0.4, 0.5) is 0 Å². The van der Waals surface area contributed by atoms with E-state index in [-0.39, 0.29) is 0 Å². The first-order valence-electron chi connectivity index (χ1n) is 13.0. The zero-order chi connectivity index (χ0) is 22.9. The van der Waals surface area contributed by atoms with E-state index in [1.807, 2.05) is 0 Å². The van der Waals surface area contributed by atoms with Crippen molar-refractivity contribution in [1.82, 2.24) is 0 Å². The number of hydrogen-bond acceptors (Lipinski definition) is 1. The van der Waals surface area contributed by atoms with Crippen molar-refractivity contribution in [2.45, 2.75) is 129 Å². The Hall–Kier alpha value is -0.830. The molecule has 3 nitrogen and oxygen atoms in total. The SMILES string of the molecule is CCCCCCCC/C=C\CCCCCCCC(=O)O.CCCCCC[N+](C)(C)C. The van der Waals surface area contributed by atoms with Crippen LogP contribution >= 0.6 is 0 Å². The Kier molecular flexibility index (Phi) is 25.5. The van der Waals surface area contributed by atoms with Gasteiger partial charge >= 0.3 is 5.97 Å². The summed E-state index contributed by atoms with van der Waals surface area (Å²) in [6.45, 7) is 5.83. The Balaban J connectivity index is 0. The third kappa shape index (κ3) is 34.7. The molecule has 0 aliphatic carbocycles. The van der Waals surface area contributed by atoms with E-state index in [9.17, 15) is 4.79 Å². The number of aliphatic carboxylic acids is 1. The highest BCUT2D eigenvalue weighted by Crippen LogP contribution is 2.09. The summed E-state index contributed by atoms with van der Waals surface area (Å²) in [7, 11) is 6.77. The van der Waals surface area contributed by atoms with Gasteiger partial charge in [-0.15, -0.1) is 0 Å². The average Bonchev–Trinajstić information content (AvgIpc) is 2.68. The van der Waals surface area contributed by atoms with E-state index in [1.54, 1.807) is 0 Å². The van der Waals surface area contributed by atoms with E-state index >= 15 is 0 Å². The number of quaternary nitrogens is 1. The Morgan fingerprint density at radius 2 is 1.03 bits per heavy atom. The van der Waals surface area contributed by atoms with Gasteiger partial charge in [0.1, 0.15) is 0 Å². The van der Waals surface area contributed by atoms with Crippen LogP contribution in [-0.4, -0.2) is 43.2 Å². The largest absolute Gasteiger partial charge is 0.481 e. The molecule has 0 rings (SSSR count). The van der Waals surface area contributed by atoms with Crippen LogP contribution in [0.15, 0.2) is 12.2 Å². The van der Waals surface area contributed by atoms with Crippen molar-refractivity contribution in [2.24, 2.45) is 0 Å². The second-order valence-corrected chi connectivity index (χ2v) is 9.80. The first-order chi connectivity index (χ1) is 14.3. The quantitative estimate of drug-likeness (QED) is 0.120. The lowest BCUT2D eigenvalue weighted by Gasteiger charge is -2.23. The van der Waals surface area contributed by atoms with Crippen molar-refractivity contribution in [2.75, 3.05) is 27.7 Å². The molecule has 0 fully saturated rings. The summed E-state index contributed by atoms with van der Waals surface area (Å²) in [5.74, 6) is -0.664. The van der Waals surface area contributed by atoms with Crippen molar-refractivity contribution >= 4 is 5.97 Å². The van der Waals surface area contributed by atoms with Gasteiger partial charge in [0.25, 0.3) is 0 Å². The number of carbonyl (C=O) groups is 1. The van der Waals surface area contributed by atoms with Crippen LogP contribution in [0.3, 0.4) is 0 Å². The number of carboxylic acids is 1. The van der Waals surface area contributed by atoms with Crippen molar-refractivity contribution in [1.29, 1.82) is 0 Å². The molecule has 0 saturated heterocycles. The Morgan fingerprint density at radius 1 is 0.633 bits per heavy atom. The fourth-order valence-corrected chi connectivity index (χ4v) is 3.36. The first kappa shape index (κ1) is 31.4. The number of unbranched alkanes of at least 4 members (excludes halogenated alkanes) is 14. The van der Waals surface area contributed by atoms with Crippen LogP contribution in [0.1, 0.15) is 129 Å². The summed E-state index contributed by atoms with van der Waals surface area (Å²) in [5, 5.41) is 8.51. The van der Waals surface area contributed by atoms with Crippen molar-refractivity contribution in [3.8, 4) is 0 Å². The Labute approximate surface area is 189 Å². The van der Waals surface area contributed by atoms with Gasteiger partial charge in [-0.05, 0) is 44.9 Å². The summed E-state index contributed by atoms with van der Waals surface area (Å²) < 4.78 is 1.11. The molecule has 0 aliphatic rings. The Morgan fingerprint density at radius 3 is 1.47 bits per heavy atom. The van der Waals surface area contributed by atoms with Gasteiger partial charge in [-0.2, -0.15) is 0 Å². The zero-order valence-electron chi connectivity index (χ0n) is 21.4. The zero-order valence-corrected chi connectivity index (χ0v) is 21.4. The van der Waals surface area contributed by atoms with Gasteiger partial charge in [0.05, 0.1) is 27.7 Å². The maximum absolute atomic E-state index is 10.3. The molecule has 0 aromatic heterocycles. The van der Waals surface area contributed by atoms with Crippen molar-refractivity contribution in [3.05, 3.63) is 12.2 Å². The molecule has 0 aliphatic heterocycles. The molecule has 0 aromatic rings. The lowest BCUT2D eigenvalue weighted by molar-refractivity contribution is -0.870. The number of hydrogen-bond donors (Lipinski definition) is 1. The molecule has 0 saturated carbocycles. The summed E-state index contributed by atoms with van der Waals surface area (Å²) in [5.41, 5.74) is 0. The molecule has 0 aromatic carbocycles. The van der Waals surface area contributed by atoms with Gasteiger partial charge in [0, 0.05) is 6.42 Å². The normalized spacial score (nSPS) is 11.5. The second-order valence-electron chi connectivity index (χ2n) is 9.80. The van der Waals surface area contributed by atoms with Crippen LogP contribution < -0.4 is 0 Å². The summed E-state index contributed by atoms with van der Waals surface area (Å²) >= 11 is 0. The molecule has 0 amide bonds. The Bertz CT molecular complexity index is 372. The van der Waals surface area contributed by atoms with Gasteiger partial charge in [0.2, 0.25) is 0 Å². The smallest absolute Gasteiger partial charge is 0.303 e. The van der Waals surface area contributed by atoms with Crippen LogP contribution in [-0.2, 0) is 4.79 Å². The first-order valence-corrected chi connectivity index (χ1v) is 13.0. The minimum absolute atomic E-state index is 0.332. The highest BCUT2D eigenvalue weighted by molar-refractivity contribution is 5.66. The summed E-state index contributed by atoms with van der Waals surface area (Å²) in [6.07, 6.45) is 26.8. The van der Waals surface area contributed by atoms with Crippen LogP contribution in [0.2, 0.25) is 0 Å². The lowest BCUT2D eigenvalue weighted by Crippen LogP contribution is -2.35. The third-order valence-corrected chi connectivity index (χ3v) is 5.33. The van der Waals surface area contributed by atoms with Gasteiger partial charge in [-0.1, -0.05) is 90.2 Å². The highest BCUT2D eigenvalue weighted by Gasteiger charge is 2.04. The van der Waals surface area contributed by atoms with Crippen LogP contribution in [0, 0.1) is 0 Å². The van der Waals surface area contributed by atoms with Crippen LogP contribution in [0.25, 0.3) is 0 Å². The summed E-state index contributed by atoms with van der Waals surface area (Å²) in [6, 6.07) is 0. The predicted octanol–water partition coefficient (Wildman–Crippen LogP) is 8.38. The molecule has 0 heterocycles. The number of nitrogens with zero attached hydrogens (tertiary/aromatic N) is 1. The van der Waals surface area contributed by atoms with E-state index in [0.717, 1.165) is 17.3 Å². The molecule has 180 valence electrons. The molecule has 0 radical (unpaired) electrons. The molecule has 0 atom stereocenters. The van der Waals surface area contributed by atoms with Crippen LogP contribution in [0.5, 0.6) is 0 Å². The molecule has 30 heavy (non-hydrogen) atoms. The molecular formula is C27H56NO2+. The second kappa shape index (κ2) is 24.4. The molecular weight excluding hydrogens is 370 g/mol. The summed E-state index contributed by atoms with van der Waals surface area (Å²) in [4.78, 5) is 10.3. The fraction of sp³-hybridized carbons (Fsp3) is 0.889. The highest BCUT2D eigenvalue weighted by atomic mass is 16.4. The predicted molar refractivity (Wildman–Crippen MR) is 134 cm³/mol. The van der Waals surface area contributed by atoms with Gasteiger partial charge in [-0.3, -0.25) is 4.79 Å². The molecule has 0 spiro atoms. The lowest BCUT2D eigenvalue weighted by atomic mass is 10.1. The minimum Gasteiger partial charge on any atom is -0.481 e. The van der Waals surface area contributed by atoms with Gasteiger partial charge in [-0.25, -0.2) is 0 Å². The van der Waals surface area contributed by atoms with E-state index in [1.165, 1.54) is 103 Å². The van der Waals surface area contributed by atoms with Gasteiger partial charge in [0.15, 0.2) is 0 Å². The maximum Gasteiger partial charge on any atom is 0.303 e. The number of carboxylic acid groups (broad SMARTS) is 1. The van der Waals surface area contributed by atoms with Crippen molar-refractivity contribution < 1.29 is 14.4 Å². The fourth-order valence-electron chi connectivity index (χ4n) is 3.36. The van der Waals surface area contributed by atoms with Crippen molar-refractivity contribution in [3.63, 3.8) is 0 Å². The number of allylic oxidation sites excluding steroid dienone is 2. The standard InChI is InChI=1S/C18H34O2.C9H22N/c1-2-3-4-5-6-7-8-9-10-11-12-13-14-15-16-17-18(19)20;1-5-6-7-8-9-10(2,3)4/h9-10H,2-8,11-17H2,1H3,(H,19,20);5-9H2,1-4H3/q;+1/b10-9-;. The maximum atomic E-state index is 10.3. The molecule has 0 bridgehead atoms. The minimum atomic E-state index is -0.664. The molecule has 3 heteroatoms.